The molecule has 1 aromatic carbocycles. The van der Waals surface area contributed by atoms with E-state index in [-0.39, 0.29) is 0 Å². The molecule has 2 aromatic rings. The second kappa shape index (κ2) is 6.56. The summed E-state index contributed by atoms with van der Waals surface area (Å²) in [5.74, 6) is 1.06. The maximum absolute atomic E-state index is 10.9. The number of anilines is 1. The zero-order valence-electron chi connectivity index (χ0n) is 11.3. The highest BCUT2D eigenvalue weighted by Gasteiger charge is 2.01. The van der Waals surface area contributed by atoms with Crippen LogP contribution in [-0.4, -0.2) is 17.5 Å². The fourth-order valence-electron chi connectivity index (χ4n) is 1.75. The van der Waals surface area contributed by atoms with E-state index in [2.05, 4.69) is 10.3 Å². The molecule has 0 radical (unpaired) electrons. The van der Waals surface area contributed by atoms with Gasteiger partial charge in [0.25, 0.3) is 0 Å². The predicted molar refractivity (Wildman–Crippen MR) is 77.7 cm³/mol. The Hall–Kier alpha value is -2.56. The Morgan fingerprint density at radius 1 is 1.35 bits per heavy atom. The van der Waals surface area contributed by atoms with Gasteiger partial charge in [0, 0.05) is 12.7 Å². The molecule has 0 saturated heterocycles. The van der Waals surface area contributed by atoms with E-state index in [9.17, 15) is 4.79 Å². The van der Waals surface area contributed by atoms with Crippen LogP contribution >= 0.6 is 0 Å². The maximum atomic E-state index is 10.9. The number of primary amides is 1. The number of carbonyl (C=O) groups excluding carboxylic acids is 1. The van der Waals surface area contributed by atoms with Crippen LogP contribution in [0.15, 0.2) is 42.6 Å². The van der Waals surface area contributed by atoms with Gasteiger partial charge in [-0.1, -0.05) is 12.1 Å². The fourth-order valence-corrected chi connectivity index (χ4v) is 1.75. The predicted octanol–water partition coefficient (Wildman–Crippen LogP) is 2.19. The molecular formula is C15H17N3O2. The van der Waals surface area contributed by atoms with Crippen LogP contribution in [0.4, 0.5) is 5.82 Å². The lowest BCUT2D eigenvalue weighted by Crippen LogP contribution is -2.11. The summed E-state index contributed by atoms with van der Waals surface area (Å²) in [6.07, 6.45) is 1.46. The third kappa shape index (κ3) is 3.71. The monoisotopic (exact) mass is 271 g/mol. The van der Waals surface area contributed by atoms with Crippen molar-refractivity contribution >= 4 is 11.7 Å². The Bertz CT molecular complexity index is 582. The highest BCUT2D eigenvalue weighted by atomic mass is 16.5. The standard InChI is InChI=1S/C15H17N3O2/c1-2-20-13-5-3-4-11(8-13)9-17-14-7-6-12(10-18-14)15(16)19/h3-8,10H,2,9H2,1H3,(H2,16,19)(H,17,18). The minimum atomic E-state index is -0.478. The molecule has 0 aliphatic rings. The first-order valence-electron chi connectivity index (χ1n) is 6.40. The molecule has 5 nitrogen and oxygen atoms in total. The quantitative estimate of drug-likeness (QED) is 0.844. The van der Waals surface area contributed by atoms with Gasteiger partial charge in [-0.15, -0.1) is 0 Å². The highest BCUT2D eigenvalue weighted by molar-refractivity contribution is 5.92. The normalized spacial score (nSPS) is 10.1. The van der Waals surface area contributed by atoms with Crippen molar-refractivity contribution < 1.29 is 9.53 Å². The van der Waals surface area contributed by atoms with Crippen LogP contribution < -0.4 is 15.8 Å². The van der Waals surface area contributed by atoms with Crippen molar-refractivity contribution in [3.63, 3.8) is 0 Å². The van der Waals surface area contributed by atoms with Gasteiger partial charge in [0.15, 0.2) is 0 Å². The van der Waals surface area contributed by atoms with E-state index in [0.717, 1.165) is 11.3 Å². The van der Waals surface area contributed by atoms with Gasteiger partial charge in [0.2, 0.25) is 5.91 Å². The molecule has 2 rings (SSSR count). The number of aromatic nitrogens is 1. The number of nitrogens with one attached hydrogen (secondary N) is 1. The molecule has 1 amide bonds. The molecule has 1 aromatic heterocycles. The van der Waals surface area contributed by atoms with Gasteiger partial charge in [-0.05, 0) is 36.8 Å². The van der Waals surface area contributed by atoms with Crippen LogP contribution in [-0.2, 0) is 6.54 Å². The summed E-state index contributed by atoms with van der Waals surface area (Å²) in [7, 11) is 0. The van der Waals surface area contributed by atoms with Crippen LogP contribution in [0.2, 0.25) is 0 Å². The average Bonchev–Trinajstić information content (AvgIpc) is 2.46. The number of nitrogens with zero attached hydrogens (tertiary/aromatic N) is 1. The second-order valence-corrected chi connectivity index (χ2v) is 4.23. The number of carbonyl (C=O) groups is 1. The van der Waals surface area contributed by atoms with Gasteiger partial charge in [-0.25, -0.2) is 4.98 Å². The molecule has 5 heteroatoms. The molecule has 0 unspecified atom stereocenters. The van der Waals surface area contributed by atoms with Gasteiger partial charge in [0.1, 0.15) is 11.6 Å². The van der Waals surface area contributed by atoms with Crippen molar-refractivity contribution in [1.29, 1.82) is 0 Å². The number of hydrogen-bond donors (Lipinski definition) is 2. The molecule has 0 spiro atoms. The summed E-state index contributed by atoms with van der Waals surface area (Å²) in [5.41, 5.74) is 6.65. The van der Waals surface area contributed by atoms with E-state index in [1.807, 2.05) is 31.2 Å². The number of rotatable bonds is 6. The number of benzene rings is 1. The molecule has 104 valence electrons. The van der Waals surface area contributed by atoms with E-state index in [4.69, 9.17) is 10.5 Å². The minimum absolute atomic E-state index is 0.397. The number of nitrogens with two attached hydrogens (primary N) is 1. The van der Waals surface area contributed by atoms with E-state index in [1.165, 1.54) is 6.20 Å². The maximum Gasteiger partial charge on any atom is 0.250 e. The fraction of sp³-hybridized carbons (Fsp3) is 0.200. The minimum Gasteiger partial charge on any atom is -0.494 e. The van der Waals surface area contributed by atoms with Gasteiger partial charge in [0.05, 0.1) is 12.2 Å². The first-order chi connectivity index (χ1) is 9.69. The summed E-state index contributed by atoms with van der Waals surface area (Å²) in [4.78, 5) is 15.1. The molecular weight excluding hydrogens is 254 g/mol. The largest absolute Gasteiger partial charge is 0.494 e. The first-order valence-corrected chi connectivity index (χ1v) is 6.40. The average molecular weight is 271 g/mol. The van der Waals surface area contributed by atoms with Gasteiger partial charge in [-0.3, -0.25) is 4.79 Å². The van der Waals surface area contributed by atoms with E-state index < -0.39 is 5.91 Å². The number of amides is 1. The lowest BCUT2D eigenvalue weighted by Gasteiger charge is -2.08. The lowest BCUT2D eigenvalue weighted by molar-refractivity contribution is 0.1000. The summed E-state index contributed by atoms with van der Waals surface area (Å²) >= 11 is 0. The van der Waals surface area contributed by atoms with Crippen molar-refractivity contribution in [2.75, 3.05) is 11.9 Å². The zero-order chi connectivity index (χ0) is 14.4. The van der Waals surface area contributed by atoms with Crippen LogP contribution in [0, 0.1) is 0 Å². The molecule has 1 heterocycles. The Morgan fingerprint density at radius 2 is 2.20 bits per heavy atom. The third-order valence-corrected chi connectivity index (χ3v) is 2.73. The summed E-state index contributed by atoms with van der Waals surface area (Å²) < 4.78 is 5.45. The van der Waals surface area contributed by atoms with Crippen LogP contribution in [0.5, 0.6) is 5.75 Å². The van der Waals surface area contributed by atoms with Gasteiger partial charge >= 0.3 is 0 Å². The molecule has 0 fully saturated rings. The van der Waals surface area contributed by atoms with Crippen molar-refractivity contribution in [2.24, 2.45) is 5.73 Å². The number of ether oxygens (including phenoxy) is 1. The SMILES string of the molecule is CCOc1cccc(CNc2ccc(C(N)=O)cn2)c1. The van der Waals surface area contributed by atoms with E-state index in [1.54, 1.807) is 12.1 Å². The van der Waals surface area contributed by atoms with E-state index >= 15 is 0 Å². The van der Waals surface area contributed by atoms with Crippen molar-refractivity contribution in [1.82, 2.24) is 4.98 Å². The van der Waals surface area contributed by atoms with Crippen LogP contribution in [0.3, 0.4) is 0 Å². The van der Waals surface area contributed by atoms with E-state index in [0.29, 0.717) is 24.5 Å². The van der Waals surface area contributed by atoms with Gasteiger partial charge < -0.3 is 15.8 Å². The first kappa shape index (κ1) is 13.9. The molecule has 20 heavy (non-hydrogen) atoms. The molecule has 0 aliphatic heterocycles. The second-order valence-electron chi connectivity index (χ2n) is 4.23. The topological polar surface area (TPSA) is 77.2 Å². The van der Waals surface area contributed by atoms with Crippen molar-refractivity contribution in [3.8, 4) is 5.75 Å². The summed E-state index contributed by atoms with van der Waals surface area (Å²) in [6.45, 7) is 3.23. The summed E-state index contributed by atoms with van der Waals surface area (Å²) in [5, 5.41) is 3.18. The molecule has 0 atom stereocenters. The van der Waals surface area contributed by atoms with Crippen molar-refractivity contribution in [2.45, 2.75) is 13.5 Å². The highest BCUT2D eigenvalue weighted by Crippen LogP contribution is 2.14. The molecule has 3 N–H and O–H groups in total. The zero-order valence-corrected chi connectivity index (χ0v) is 11.3. The van der Waals surface area contributed by atoms with Crippen LogP contribution in [0.25, 0.3) is 0 Å². The molecule has 0 saturated carbocycles. The number of hydrogen-bond acceptors (Lipinski definition) is 4. The van der Waals surface area contributed by atoms with Crippen LogP contribution in [0.1, 0.15) is 22.8 Å². The Labute approximate surface area is 117 Å². The lowest BCUT2D eigenvalue weighted by atomic mass is 10.2. The molecule has 0 bridgehead atoms. The Morgan fingerprint density at radius 3 is 2.85 bits per heavy atom. The third-order valence-electron chi connectivity index (χ3n) is 2.73. The van der Waals surface area contributed by atoms with Gasteiger partial charge in [-0.2, -0.15) is 0 Å². The Balaban J connectivity index is 1.97. The summed E-state index contributed by atoms with van der Waals surface area (Å²) in [6, 6.07) is 11.2. The number of pyridine rings is 1. The smallest absolute Gasteiger partial charge is 0.250 e. The Kier molecular flexibility index (Phi) is 4.55. The molecule has 0 aliphatic carbocycles. The van der Waals surface area contributed by atoms with Crippen molar-refractivity contribution in [3.05, 3.63) is 53.7 Å².